The number of nitrogens with zero attached hydrogens (tertiary/aromatic N) is 3. The highest BCUT2D eigenvalue weighted by molar-refractivity contribution is 7.80. The van der Waals surface area contributed by atoms with Gasteiger partial charge in [-0.1, -0.05) is 38.1 Å². The molecule has 0 aliphatic carbocycles. The van der Waals surface area contributed by atoms with Crippen LogP contribution in [0.15, 0.2) is 81.8 Å². The summed E-state index contributed by atoms with van der Waals surface area (Å²) >= 11 is 5.26. The van der Waals surface area contributed by atoms with Crippen LogP contribution in [0.5, 0.6) is 5.75 Å². The van der Waals surface area contributed by atoms with Crippen molar-refractivity contribution in [3.8, 4) is 5.75 Å². The molecule has 3 rings (SSSR count). The first-order valence-electron chi connectivity index (χ1n) is 11.2. The van der Waals surface area contributed by atoms with E-state index in [0.29, 0.717) is 16.9 Å². The number of alkyl halides is 3. The van der Waals surface area contributed by atoms with Crippen LogP contribution in [0.1, 0.15) is 36.5 Å². The number of ether oxygens (including phenoxy) is 1. The Morgan fingerprint density at radius 3 is 2.34 bits per heavy atom. The topological polar surface area (TPSA) is 96.4 Å². The first kappa shape index (κ1) is 28.3. The van der Waals surface area contributed by atoms with Crippen LogP contribution in [-0.4, -0.2) is 29.9 Å². The van der Waals surface area contributed by atoms with Gasteiger partial charge in [-0.05, 0) is 71.7 Å². The minimum Gasteiger partial charge on any atom is -0.406 e. The number of nitrogens with two attached hydrogens (primary N) is 1. The van der Waals surface area contributed by atoms with Crippen LogP contribution >= 0.6 is 12.2 Å². The Morgan fingerprint density at radius 1 is 1.03 bits per heavy atom. The quantitative estimate of drug-likeness (QED) is 0.103. The Hall–Kier alpha value is -4.32. The lowest BCUT2D eigenvalue weighted by Crippen LogP contribution is -2.24. The fourth-order valence-electron chi connectivity index (χ4n) is 3.15. The van der Waals surface area contributed by atoms with Crippen molar-refractivity contribution in [2.45, 2.75) is 26.1 Å². The van der Waals surface area contributed by atoms with Crippen molar-refractivity contribution in [1.29, 1.82) is 0 Å². The largest absolute Gasteiger partial charge is 0.573 e. The molecule has 12 heteroatoms. The van der Waals surface area contributed by atoms with Gasteiger partial charge in [-0.15, -0.1) is 13.2 Å². The first-order valence-corrected chi connectivity index (χ1v) is 11.6. The number of nitrogens with one attached hydrogen (secondary N) is 2. The Bertz CT molecular complexity index is 1340. The SMILES string of the molecule is CC(C)c1cc(F)ccc1NC(=S)N/N=C/c1ccc(C(N)=NC=Nc2ccc(OC(F)(F)F)cc2)cc1. The molecule has 0 saturated heterocycles. The van der Waals surface area contributed by atoms with Crippen molar-refractivity contribution in [3.63, 3.8) is 0 Å². The van der Waals surface area contributed by atoms with E-state index in [2.05, 4.69) is 30.6 Å². The van der Waals surface area contributed by atoms with Gasteiger partial charge in [-0.25, -0.2) is 14.4 Å². The van der Waals surface area contributed by atoms with Crippen LogP contribution in [0, 0.1) is 5.82 Å². The molecule has 7 nitrogen and oxygen atoms in total. The van der Waals surface area contributed by atoms with Gasteiger partial charge in [0.2, 0.25) is 0 Å². The molecular formula is C26H24F4N6OS. The van der Waals surface area contributed by atoms with Gasteiger partial charge in [-0.3, -0.25) is 5.43 Å². The average molecular weight is 545 g/mol. The molecule has 0 aromatic heterocycles. The molecule has 0 unspecified atom stereocenters. The zero-order chi connectivity index (χ0) is 27.7. The van der Waals surface area contributed by atoms with Crippen LogP contribution < -0.4 is 21.2 Å². The van der Waals surface area contributed by atoms with Crippen molar-refractivity contribution >= 4 is 47.1 Å². The molecule has 0 bridgehead atoms. The first-order chi connectivity index (χ1) is 18.0. The van der Waals surface area contributed by atoms with Crippen molar-refractivity contribution in [2.75, 3.05) is 5.32 Å². The molecule has 0 fully saturated rings. The van der Waals surface area contributed by atoms with Gasteiger partial charge in [0, 0.05) is 11.3 Å². The van der Waals surface area contributed by atoms with Crippen molar-refractivity contribution < 1.29 is 22.3 Å². The Morgan fingerprint density at radius 2 is 1.71 bits per heavy atom. The van der Waals surface area contributed by atoms with Crippen LogP contribution in [0.4, 0.5) is 28.9 Å². The van der Waals surface area contributed by atoms with Crippen LogP contribution in [0.2, 0.25) is 0 Å². The highest BCUT2D eigenvalue weighted by atomic mass is 32.1. The summed E-state index contributed by atoms with van der Waals surface area (Å²) in [7, 11) is 0. The lowest BCUT2D eigenvalue weighted by atomic mass is 10.0. The second kappa shape index (κ2) is 12.8. The summed E-state index contributed by atoms with van der Waals surface area (Å²) < 4.78 is 54.0. The maximum Gasteiger partial charge on any atom is 0.573 e. The van der Waals surface area contributed by atoms with Gasteiger partial charge in [0.15, 0.2) is 5.11 Å². The van der Waals surface area contributed by atoms with E-state index in [1.165, 1.54) is 30.6 Å². The van der Waals surface area contributed by atoms with E-state index in [0.717, 1.165) is 23.3 Å². The molecule has 198 valence electrons. The van der Waals surface area contributed by atoms with E-state index in [4.69, 9.17) is 18.0 Å². The fourth-order valence-corrected chi connectivity index (χ4v) is 3.31. The Kier molecular flexibility index (Phi) is 9.49. The molecular weight excluding hydrogens is 520 g/mol. The van der Waals surface area contributed by atoms with E-state index in [1.807, 2.05) is 13.8 Å². The molecule has 0 amide bonds. The molecule has 4 N–H and O–H groups in total. The van der Waals surface area contributed by atoms with Crippen molar-refractivity contribution in [2.24, 2.45) is 20.8 Å². The lowest BCUT2D eigenvalue weighted by Gasteiger charge is -2.14. The second-order valence-corrected chi connectivity index (χ2v) is 8.54. The fraction of sp³-hybridized carbons (Fsp3) is 0.154. The third-order valence-corrected chi connectivity index (χ3v) is 5.14. The monoisotopic (exact) mass is 544 g/mol. The maximum absolute atomic E-state index is 13.5. The van der Waals surface area contributed by atoms with E-state index in [-0.39, 0.29) is 28.4 Å². The molecule has 0 saturated carbocycles. The Balaban J connectivity index is 1.53. The number of hydrogen-bond donors (Lipinski definition) is 3. The van der Waals surface area contributed by atoms with Gasteiger partial charge < -0.3 is 15.8 Å². The minimum absolute atomic E-state index is 0.105. The van der Waals surface area contributed by atoms with Gasteiger partial charge >= 0.3 is 6.36 Å². The highest BCUT2D eigenvalue weighted by Crippen LogP contribution is 2.26. The molecule has 0 radical (unpaired) electrons. The second-order valence-electron chi connectivity index (χ2n) is 8.13. The van der Waals surface area contributed by atoms with Crippen LogP contribution in [0.3, 0.4) is 0 Å². The summed E-state index contributed by atoms with van der Waals surface area (Å²) in [6, 6.07) is 16.5. The van der Waals surface area contributed by atoms with Crippen molar-refractivity contribution in [1.82, 2.24) is 5.43 Å². The molecule has 0 heterocycles. The number of thiocarbonyl (C=S) groups is 1. The number of amidine groups is 1. The summed E-state index contributed by atoms with van der Waals surface area (Å²) in [6.07, 6.45) is -1.99. The zero-order valence-corrected chi connectivity index (χ0v) is 21.1. The van der Waals surface area contributed by atoms with E-state index < -0.39 is 6.36 Å². The minimum atomic E-state index is -4.76. The number of aliphatic imine (C=N–C) groups is 2. The summed E-state index contributed by atoms with van der Waals surface area (Å²) in [5.41, 5.74) is 12.0. The summed E-state index contributed by atoms with van der Waals surface area (Å²) in [5.74, 6) is -0.359. The van der Waals surface area contributed by atoms with Gasteiger partial charge in [0.25, 0.3) is 0 Å². The predicted molar refractivity (Wildman–Crippen MR) is 146 cm³/mol. The van der Waals surface area contributed by atoms with Gasteiger partial charge in [-0.2, -0.15) is 5.10 Å². The molecule has 38 heavy (non-hydrogen) atoms. The third kappa shape index (κ3) is 8.96. The maximum atomic E-state index is 13.5. The van der Waals surface area contributed by atoms with Gasteiger partial charge in [0.05, 0.1) is 11.9 Å². The lowest BCUT2D eigenvalue weighted by molar-refractivity contribution is -0.274. The molecule has 0 atom stereocenters. The number of halogens is 4. The van der Waals surface area contributed by atoms with E-state index in [1.54, 1.807) is 36.5 Å². The molecule has 0 aliphatic rings. The molecule has 0 aliphatic heterocycles. The third-order valence-electron chi connectivity index (χ3n) is 4.94. The normalized spacial score (nSPS) is 12.3. The summed E-state index contributed by atoms with van der Waals surface area (Å²) in [6.45, 7) is 3.92. The van der Waals surface area contributed by atoms with Crippen molar-refractivity contribution in [3.05, 3.63) is 89.2 Å². The number of benzene rings is 3. The molecule has 3 aromatic carbocycles. The number of rotatable bonds is 8. The molecule has 3 aromatic rings. The predicted octanol–water partition coefficient (Wildman–Crippen LogP) is 6.23. The van der Waals surface area contributed by atoms with Crippen LogP contribution in [0.25, 0.3) is 0 Å². The van der Waals surface area contributed by atoms with Gasteiger partial charge in [0.1, 0.15) is 23.7 Å². The number of hydrazone groups is 1. The standard InChI is InChI=1S/C26H24F4N6OS/c1-16(2)22-13-19(27)7-12-23(22)35-25(38)36-34-14-17-3-5-18(6-4-17)24(31)33-15-32-20-8-10-21(11-9-20)37-26(28,29)30/h3-16H,1-2H3,(H2,31,32,33)(H2,35,36,38)/b34-14+. The van der Waals surface area contributed by atoms with E-state index >= 15 is 0 Å². The Labute approximate surface area is 222 Å². The highest BCUT2D eigenvalue weighted by Gasteiger charge is 2.30. The zero-order valence-electron chi connectivity index (χ0n) is 20.3. The van der Waals surface area contributed by atoms with E-state index in [9.17, 15) is 17.6 Å². The average Bonchev–Trinajstić information content (AvgIpc) is 2.85. The smallest absolute Gasteiger partial charge is 0.406 e. The summed E-state index contributed by atoms with van der Waals surface area (Å²) in [5, 5.41) is 7.38. The number of hydrogen-bond acceptors (Lipinski definition) is 4. The van der Waals surface area contributed by atoms with Crippen LogP contribution in [-0.2, 0) is 0 Å². The summed E-state index contributed by atoms with van der Waals surface area (Å²) in [4.78, 5) is 8.09. The number of anilines is 1. The molecule has 0 spiro atoms.